The fourth-order valence-electron chi connectivity index (χ4n) is 3.82. The van der Waals surface area contributed by atoms with Crippen molar-refractivity contribution in [2.24, 2.45) is 4.99 Å². The topological polar surface area (TPSA) is 70.5 Å². The van der Waals surface area contributed by atoms with Gasteiger partial charge in [0.25, 0.3) is 5.91 Å². The van der Waals surface area contributed by atoms with Crippen LogP contribution in [-0.2, 0) is 11.3 Å². The number of hydrogen-bond donors (Lipinski definition) is 1. The zero-order chi connectivity index (χ0) is 24.8. The van der Waals surface area contributed by atoms with Gasteiger partial charge in [0.15, 0.2) is 0 Å². The number of carbonyl (C=O) groups is 1. The molecule has 2 aromatic heterocycles. The van der Waals surface area contributed by atoms with E-state index in [-0.39, 0.29) is 5.91 Å². The van der Waals surface area contributed by atoms with Crippen LogP contribution in [0.3, 0.4) is 0 Å². The van der Waals surface area contributed by atoms with E-state index < -0.39 is 0 Å². The van der Waals surface area contributed by atoms with Gasteiger partial charge in [-0.15, -0.1) is 0 Å². The van der Waals surface area contributed by atoms with Crippen LogP contribution in [0.2, 0.25) is 5.02 Å². The lowest BCUT2D eigenvalue weighted by atomic mass is 9.95. The molecule has 7 heteroatoms. The summed E-state index contributed by atoms with van der Waals surface area (Å²) in [5.74, 6) is 0.868. The van der Waals surface area contributed by atoms with Gasteiger partial charge in [-0.05, 0) is 55.3 Å². The predicted molar refractivity (Wildman–Crippen MR) is 141 cm³/mol. The molecule has 1 amide bonds. The Morgan fingerprint density at radius 2 is 1.94 bits per heavy atom. The van der Waals surface area contributed by atoms with E-state index in [1.807, 2.05) is 68.5 Å². The summed E-state index contributed by atoms with van der Waals surface area (Å²) < 4.78 is 0. The van der Waals surface area contributed by atoms with Gasteiger partial charge in [0.05, 0.1) is 0 Å². The van der Waals surface area contributed by atoms with Crippen LogP contribution in [0.15, 0.2) is 102 Å². The first-order chi connectivity index (χ1) is 17.0. The molecule has 0 spiro atoms. The lowest BCUT2D eigenvalue weighted by Crippen LogP contribution is -2.41. The predicted octanol–water partition coefficient (Wildman–Crippen LogP) is 5.65. The molecule has 1 aliphatic rings. The second-order valence-electron chi connectivity index (χ2n) is 7.88. The zero-order valence-corrected chi connectivity index (χ0v) is 20.5. The molecule has 0 bridgehead atoms. The third-order valence-electron chi connectivity index (χ3n) is 5.66. The minimum Gasteiger partial charge on any atom is -0.366 e. The molecule has 0 saturated heterocycles. The number of likely N-dealkylation sites (N-methyl/N-ethyl adjacent to an activating group) is 1. The van der Waals surface area contributed by atoms with E-state index in [0.717, 1.165) is 22.3 Å². The smallest absolute Gasteiger partial charge is 0.260 e. The van der Waals surface area contributed by atoms with Crippen molar-refractivity contribution < 1.29 is 4.79 Å². The monoisotopic (exact) mass is 483 g/mol. The number of amidine groups is 1. The Morgan fingerprint density at radius 3 is 2.60 bits per heavy atom. The van der Waals surface area contributed by atoms with Gasteiger partial charge >= 0.3 is 0 Å². The summed E-state index contributed by atoms with van der Waals surface area (Å²) in [7, 11) is 0. The Balaban J connectivity index is 1.63. The number of carbonyl (C=O) groups excluding carboxylic acids is 1. The van der Waals surface area contributed by atoms with E-state index in [4.69, 9.17) is 11.6 Å². The Morgan fingerprint density at radius 1 is 1.14 bits per heavy atom. The highest BCUT2D eigenvalue weighted by Gasteiger charge is 2.30. The maximum absolute atomic E-state index is 13.5. The highest BCUT2D eigenvalue weighted by atomic mass is 35.5. The number of aromatic nitrogens is 2. The molecule has 0 atom stereocenters. The summed E-state index contributed by atoms with van der Waals surface area (Å²) in [6, 6.07) is 13.4. The third-order valence-corrected chi connectivity index (χ3v) is 5.97. The molecule has 0 radical (unpaired) electrons. The fraction of sp³-hybridized carbons (Fsp3) is 0.143. The maximum atomic E-state index is 13.5. The largest absolute Gasteiger partial charge is 0.366 e. The molecule has 1 aliphatic heterocycles. The van der Waals surface area contributed by atoms with Crippen molar-refractivity contribution in [2.75, 3.05) is 6.54 Å². The lowest BCUT2D eigenvalue weighted by molar-refractivity contribution is -0.121. The SMILES string of the molecule is C=C(/N=C1\C(=C/C)C=C(c2ccc(-c3cccnc3)cc2Cl)C(=O)N1CC)NCc1ccncc1. The molecular formula is C28H26ClN5O. The Labute approximate surface area is 210 Å². The number of nitrogens with zero attached hydrogens (tertiary/aromatic N) is 4. The molecule has 1 aromatic carbocycles. The van der Waals surface area contributed by atoms with E-state index in [1.165, 1.54) is 0 Å². The first-order valence-corrected chi connectivity index (χ1v) is 11.7. The zero-order valence-electron chi connectivity index (χ0n) is 19.7. The quantitative estimate of drug-likeness (QED) is 0.471. The van der Waals surface area contributed by atoms with Crippen molar-refractivity contribution in [1.82, 2.24) is 20.2 Å². The average Bonchev–Trinajstić information content (AvgIpc) is 2.89. The standard InChI is InChI=1S/C28H26ClN5O/c1-4-21-15-25(24-9-8-22(16-26(24)29)23-7-6-12-31-18-23)28(35)34(5-2)27(21)33-19(3)32-17-20-10-13-30-14-11-20/h4,6-16,18,32H,3,5,17H2,1-2H3/b21-4-,33-27+. The number of allylic oxidation sites excluding steroid dienone is 1. The van der Waals surface area contributed by atoms with Crippen molar-refractivity contribution >= 4 is 28.9 Å². The normalized spacial score (nSPS) is 15.9. The van der Waals surface area contributed by atoms with Gasteiger partial charge in [0, 0.05) is 65.2 Å². The van der Waals surface area contributed by atoms with E-state index in [9.17, 15) is 4.79 Å². The molecular weight excluding hydrogens is 458 g/mol. The second kappa shape index (κ2) is 10.9. The highest BCUT2D eigenvalue weighted by Crippen LogP contribution is 2.33. The molecule has 0 aliphatic carbocycles. The van der Waals surface area contributed by atoms with Crippen LogP contribution in [0.25, 0.3) is 16.7 Å². The van der Waals surface area contributed by atoms with Crippen LogP contribution in [-0.4, -0.2) is 33.2 Å². The van der Waals surface area contributed by atoms with Crippen molar-refractivity contribution in [1.29, 1.82) is 0 Å². The minimum atomic E-state index is -0.158. The van der Waals surface area contributed by atoms with Crippen LogP contribution in [0, 0.1) is 0 Å². The van der Waals surface area contributed by atoms with Gasteiger partial charge in [-0.3, -0.25) is 19.7 Å². The Bertz CT molecular complexity index is 1330. The molecule has 1 N–H and O–H groups in total. The average molecular weight is 484 g/mol. The van der Waals surface area contributed by atoms with Crippen LogP contribution in [0.1, 0.15) is 25.0 Å². The summed E-state index contributed by atoms with van der Waals surface area (Å²) in [5, 5.41) is 3.70. The van der Waals surface area contributed by atoms with Crippen molar-refractivity contribution in [3.8, 4) is 11.1 Å². The molecule has 6 nitrogen and oxygen atoms in total. The van der Waals surface area contributed by atoms with E-state index in [1.54, 1.807) is 29.7 Å². The number of benzene rings is 1. The first kappa shape index (κ1) is 24.1. The summed E-state index contributed by atoms with van der Waals surface area (Å²) in [4.78, 5) is 28.0. The van der Waals surface area contributed by atoms with Gasteiger partial charge in [-0.25, -0.2) is 4.99 Å². The number of aliphatic imine (C=N–C) groups is 1. The molecule has 0 fully saturated rings. The van der Waals surface area contributed by atoms with Crippen molar-refractivity contribution in [2.45, 2.75) is 20.4 Å². The third kappa shape index (κ3) is 5.39. The van der Waals surface area contributed by atoms with Crippen LogP contribution in [0.5, 0.6) is 0 Å². The maximum Gasteiger partial charge on any atom is 0.260 e. The highest BCUT2D eigenvalue weighted by molar-refractivity contribution is 6.37. The summed E-state index contributed by atoms with van der Waals surface area (Å²) in [6.07, 6.45) is 10.8. The molecule has 176 valence electrons. The first-order valence-electron chi connectivity index (χ1n) is 11.3. The summed E-state index contributed by atoms with van der Waals surface area (Å²) in [6.45, 7) is 8.88. The van der Waals surface area contributed by atoms with Gasteiger partial charge in [-0.1, -0.05) is 42.5 Å². The summed E-state index contributed by atoms with van der Waals surface area (Å²) >= 11 is 6.67. The van der Waals surface area contributed by atoms with Crippen LogP contribution < -0.4 is 5.32 Å². The van der Waals surface area contributed by atoms with Crippen molar-refractivity contribution in [3.63, 3.8) is 0 Å². The van der Waals surface area contributed by atoms with Gasteiger partial charge in [-0.2, -0.15) is 0 Å². The molecule has 0 saturated carbocycles. The van der Waals surface area contributed by atoms with Gasteiger partial charge in [0.1, 0.15) is 11.7 Å². The Kier molecular flexibility index (Phi) is 7.53. The fourth-order valence-corrected chi connectivity index (χ4v) is 4.10. The second-order valence-corrected chi connectivity index (χ2v) is 8.29. The number of rotatable bonds is 7. The number of pyridine rings is 2. The lowest BCUT2D eigenvalue weighted by Gasteiger charge is -2.30. The van der Waals surface area contributed by atoms with Crippen molar-refractivity contribution in [3.05, 3.63) is 114 Å². The number of nitrogens with one attached hydrogen (secondary N) is 1. The van der Waals surface area contributed by atoms with E-state index >= 15 is 0 Å². The number of amides is 1. The van der Waals surface area contributed by atoms with Crippen LogP contribution >= 0.6 is 11.6 Å². The van der Waals surface area contributed by atoms with E-state index in [2.05, 4.69) is 26.9 Å². The van der Waals surface area contributed by atoms with E-state index in [0.29, 0.717) is 40.9 Å². The molecule has 3 heterocycles. The van der Waals surface area contributed by atoms with Crippen LogP contribution in [0.4, 0.5) is 0 Å². The molecule has 35 heavy (non-hydrogen) atoms. The van der Waals surface area contributed by atoms with Gasteiger partial charge < -0.3 is 5.32 Å². The molecule has 0 unspecified atom stereocenters. The summed E-state index contributed by atoms with van der Waals surface area (Å²) in [5.41, 5.74) is 4.98. The minimum absolute atomic E-state index is 0.158. The Hall–Kier alpha value is -4.03. The number of halogens is 1. The molecule has 4 rings (SSSR count). The van der Waals surface area contributed by atoms with Gasteiger partial charge in [0.2, 0.25) is 0 Å². The molecule has 3 aromatic rings. The number of hydrogen-bond acceptors (Lipinski definition) is 5.